The van der Waals surface area contributed by atoms with Crippen molar-refractivity contribution >= 4 is 29.2 Å². The largest absolute Gasteiger partial charge is 0.508 e. The number of phenols is 1. The summed E-state index contributed by atoms with van der Waals surface area (Å²) in [6.45, 7) is 0. The van der Waals surface area contributed by atoms with Crippen molar-refractivity contribution in [2.24, 2.45) is 0 Å². The molecule has 0 bridgehead atoms. The van der Waals surface area contributed by atoms with Crippen LogP contribution in [0.3, 0.4) is 0 Å². The lowest BCUT2D eigenvalue weighted by Gasteiger charge is -2.09. The Labute approximate surface area is 167 Å². The van der Waals surface area contributed by atoms with Crippen LogP contribution in [0.4, 0.5) is 5.69 Å². The van der Waals surface area contributed by atoms with Crippen LogP contribution in [-0.2, 0) is 11.2 Å². The van der Waals surface area contributed by atoms with Gasteiger partial charge in [0.1, 0.15) is 5.75 Å². The van der Waals surface area contributed by atoms with Crippen LogP contribution >= 0.6 is 11.6 Å². The van der Waals surface area contributed by atoms with E-state index in [2.05, 4.69) is 5.32 Å². The molecule has 1 amide bonds. The molecule has 0 heterocycles. The number of aromatic hydroxyl groups is 1. The van der Waals surface area contributed by atoms with E-state index in [1.165, 1.54) is 18.2 Å². The van der Waals surface area contributed by atoms with E-state index in [4.69, 9.17) is 11.6 Å². The summed E-state index contributed by atoms with van der Waals surface area (Å²) in [6, 6.07) is 19.0. The molecule has 3 rings (SSSR count). The van der Waals surface area contributed by atoms with E-state index in [0.717, 1.165) is 16.7 Å². The summed E-state index contributed by atoms with van der Waals surface area (Å²) in [5.74, 6) is -1.19. The van der Waals surface area contributed by atoms with Crippen LogP contribution in [0.1, 0.15) is 22.3 Å². The van der Waals surface area contributed by atoms with Crippen LogP contribution in [0.15, 0.2) is 66.7 Å². The van der Waals surface area contributed by atoms with Crippen LogP contribution in [0.25, 0.3) is 11.1 Å². The summed E-state index contributed by atoms with van der Waals surface area (Å²) in [6.07, 6.45) is 0.731. The molecule has 0 saturated heterocycles. The zero-order valence-corrected chi connectivity index (χ0v) is 15.6. The lowest BCUT2D eigenvalue weighted by molar-refractivity contribution is -0.116. The normalized spacial score (nSPS) is 10.5. The molecule has 0 radical (unpaired) electrons. The lowest BCUT2D eigenvalue weighted by Crippen LogP contribution is -2.15. The first-order valence-corrected chi connectivity index (χ1v) is 9.01. The minimum atomic E-state index is -1.13. The topological polar surface area (TPSA) is 86.6 Å². The second kappa shape index (κ2) is 8.59. The Balaban J connectivity index is 1.61. The fraction of sp³-hybridized carbons (Fsp3) is 0.0909. The molecule has 0 spiro atoms. The number of carbonyl (C=O) groups excluding carboxylic acids is 1. The van der Waals surface area contributed by atoms with Gasteiger partial charge in [-0.2, -0.15) is 0 Å². The summed E-state index contributed by atoms with van der Waals surface area (Å²) >= 11 is 5.89. The maximum atomic E-state index is 12.2. The van der Waals surface area contributed by atoms with Crippen molar-refractivity contribution in [2.45, 2.75) is 12.8 Å². The van der Waals surface area contributed by atoms with Crippen LogP contribution in [0.2, 0.25) is 5.02 Å². The monoisotopic (exact) mass is 395 g/mol. The van der Waals surface area contributed by atoms with E-state index in [0.29, 0.717) is 11.4 Å². The van der Waals surface area contributed by atoms with E-state index < -0.39 is 5.97 Å². The molecule has 0 unspecified atom stereocenters. The summed E-state index contributed by atoms with van der Waals surface area (Å²) in [5, 5.41) is 21.5. The molecule has 0 atom stereocenters. The predicted molar refractivity (Wildman–Crippen MR) is 109 cm³/mol. The van der Waals surface area contributed by atoms with Gasteiger partial charge in [0.25, 0.3) is 0 Å². The summed E-state index contributed by atoms with van der Waals surface area (Å²) in [4.78, 5) is 23.5. The molecule has 3 aromatic rings. The molecule has 0 saturated carbocycles. The Morgan fingerprint density at radius 2 is 1.50 bits per heavy atom. The van der Waals surface area contributed by atoms with Gasteiger partial charge < -0.3 is 15.5 Å². The number of phenolic OH excluding ortho intramolecular Hbond substituents is 1. The highest BCUT2D eigenvalue weighted by Gasteiger charge is 2.13. The van der Waals surface area contributed by atoms with Gasteiger partial charge in [-0.3, -0.25) is 4.79 Å². The Kier molecular flexibility index (Phi) is 5.96. The Bertz CT molecular complexity index is 998. The number of amides is 1. The zero-order chi connectivity index (χ0) is 20.1. The number of benzene rings is 3. The molecule has 0 aliphatic carbocycles. The van der Waals surface area contributed by atoms with Crippen LogP contribution in [0.5, 0.6) is 5.75 Å². The number of carbonyl (C=O) groups is 2. The SMILES string of the molecule is O=C(CCc1ccc(-c2ccc(O)cc2)cc1)Nc1cc(Cl)ccc1C(=O)O. The van der Waals surface area contributed by atoms with Gasteiger partial charge in [-0.05, 0) is 53.4 Å². The van der Waals surface area contributed by atoms with Crippen LogP contribution < -0.4 is 5.32 Å². The quantitative estimate of drug-likeness (QED) is 0.549. The van der Waals surface area contributed by atoms with Crippen molar-refractivity contribution < 1.29 is 19.8 Å². The molecule has 3 aromatic carbocycles. The summed E-state index contributed by atoms with van der Waals surface area (Å²) in [7, 11) is 0. The maximum Gasteiger partial charge on any atom is 0.337 e. The number of carboxylic acids is 1. The summed E-state index contributed by atoms with van der Waals surface area (Å²) < 4.78 is 0. The highest BCUT2D eigenvalue weighted by atomic mass is 35.5. The van der Waals surface area contributed by atoms with Crippen molar-refractivity contribution in [1.82, 2.24) is 0 Å². The Morgan fingerprint density at radius 1 is 0.893 bits per heavy atom. The minimum Gasteiger partial charge on any atom is -0.508 e. The minimum absolute atomic E-state index is 0.00370. The fourth-order valence-electron chi connectivity index (χ4n) is 2.79. The van der Waals surface area contributed by atoms with E-state index in [1.807, 2.05) is 36.4 Å². The third-order valence-corrected chi connectivity index (χ3v) is 4.52. The maximum absolute atomic E-state index is 12.2. The molecular formula is C22H18ClNO4. The smallest absolute Gasteiger partial charge is 0.337 e. The molecular weight excluding hydrogens is 378 g/mol. The number of hydrogen-bond acceptors (Lipinski definition) is 3. The van der Waals surface area contributed by atoms with E-state index in [-0.39, 0.29) is 29.3 Å². The van der Waals surface area contributed by atoms with Gasteiger partial charge in [0.2, 0.25) is 5.91 Å². The molecule has 0 fully saturated rings. The van der Waals surface area contributed by atoms with Gasteiger partial charge >= 0.3 is 5.97 Å². The van der Waals surface area contributed by atoms with Crippen LogP contribution in [0, 0.1) is 0 Å². The predicted octanol–water partition coefficient (Wildman–Crippen LogP) is 4.98. The van der Waals surface area contributed by atoms with Gasteiger partial charge in [0.05, 0.1) is 11.3 Å². The van der Waals surface area contributed by atoms with Crippen molar-refractivity contribution in [3.8, 4) is 16.9 Å². The van der Waals surface area contributed by atoms with Gasteiger partial charge in [-0.1, -0.05) is 48.0 Å². The molecule has 3 N–H and O–H groups in total. The summed E-state index contributed by atoms with van der Waals surface area (Å²) in [5.41, 5.74) is 3.17. The lowest BCUT2D eigenvalue weighted by atomic mass is 10.0. The van der Waals surface area contributed by atoms with Crippen molar-refractivity contribution in [3.05, 3.63) is 82.9 Å². The first-order chi connectivity index (χ1) is 13.4. The zero-order valence-electron chi connectivity index (χ0n) is 14.9. The van der Waals surface area contributed by atoms with Crippen molar-refractivity contribution in [1.29, 1.82) is 0 Å². The van der Waals surface area contributed by atoms with E-state index >= 15 is 0 Å². The second-order valence-corrected chi connectivity index (χ2v) is 6.72. The molecule has 28 heavy (non-hydrogen) atoms. The average molecular weight is 396 g/mol. The number of hydrogen-bond donors (Lipinski definition) is 3. The number of aryl methyl sites for hydroxylation is 1. The number of rotatable bonds is 6. The standard InChI is InChI=1S/C22H18ClNO4/c23-17-8-11-19(22(27)28)20(13-17)24-21(26)12-3-14-1-4-15(5-2-14)16-6-9-18(25)10-7-16/h1-2,4-11,13,25H,3,12H2,(H,24,26)(H,27,28). The average Bonchev–Trinajstić information content (AvgIpc) is 2.67. The molecule has 0 aliphatic heterocycles. The number of aromatic carboxylic acids is 1. The molecule has 142 valence electrons. The Morgan fingerprint density at radius 3 is 2.11 bits per heavy atom. The van der Waals surface area contributed by atoms with Crippen LogP contribution in [-0.4, -0.2) is 22.1 Å². The Hall–Kier alpha value is -3.31. The number of nitrogens with one attached hydrogen (secondary N) is 1. The highest BCUT2D eigenvalue weighted by Crippen LogP contribution is 2.23. The first kappa shape index (κ1) is 19.5. The molecule has 6 heteroatoms. The second-order valence-electron chi connectivity index (χ2n) is 6.29. The third-order valence-electron chi connectivity index (χ3n) is 4.28. The van der Waals surface area contributed by atoms with Gasteiger partial charge in [0, 0.05) is 11.4 Å². The highest BCUT2D eigenvalue weighted by molar-refractivity contribution is 6.31. The van der Waals surface area contributed by atoms with Gasteiger partial charge in [0.15, 0.2) is 0 Å². The first-order valence-electron chi connectivity index (χ1n) is 8.63. The van der Waals surface area contributed by atoms with Crippen molar-refractivity contribution in [2.75, 3.05) is 5.32 Å². The third kappa shape index (κ3) is 4.90. The van der Waals surface area contributed by atoms with Gasteiger partial charge in [-0.25, -0.2) is 4.79 Å². The van der Waals surface area contributed by atoms with E-state index in [1.54, 1.807) is 12.1 Å². The molecule has 0 aliphatic rings. The molecule has 5 nitrogen and oxygen atoms in total. The number of halogens is 1. The molecule has 0 aromatic heterocycles. The van der Waals surface area contributed by atoms with E-state index in [9.17, 15) is 19.8 Å². The number of anilines is 1. The fourth-order valence-corrected chi connectivity index (χ4v) is 2.97. The van der Waals surface area contributed by atoms with Crippen molar-refractivity contribution in [3.63, 3.8) is 0 Å². The number of carboxylic acid groups (broad SMARTS) is 1. The van der Waals surface area contributed by atoms with Gasteiger partial charge in [-0.15, -0.1) is 0 Å².